The van der Waals surface area contributed by atoms with E-state index in [2.05, 4.69) is 63.9 Å². The number of halogens is 1. The molecule has 1 unspecified atom stereocenters. The van der Waals surface area contributed by atoms with Crippen molar-refractivity contribution in [3.05, 3.63) is 42.5 Å². The summed E-state index contributed by atoms with van der Waals surface area (Å²) in [5, 5.41) is 4.06. The van der Waals surface area contributed by atoms with Gasteiger partial charge in [0.25, 0.3) is 0 Å². The molecule has 1 aromatic heterocycles. The summed E-state index contributed by atoms with van der Waals surface area (Å²) in [6.45, 7) is 2.17. The van der Waals surface area contributed by atoms with E-state index < -0.39 is 0 Å². The fraction of sp³-hybridized carbons (Fsp3) is 0.200. The zero-order valence-electron chi connectivity index (χ0n) is 7.76. The van der Waals surface area contributed by atoms with Crippen LogP contribution in [0, 0.1) is 0 Å². The first-order valence-electron chi connectivity index (χ1n) is 4.36. The predicted molar refractivity (Wildman–Crippen MR) is 63.8 cm³/mol. The van der Waals surface area contributed by atoms with Crippen molar-refractivity contribution in [2.24, 2.45) is 0 Å². The summed E-state index contributed by atoms with van der Waals surface area (Å²) in [6.07, 6.45) is 3.23. The molecule has 0 radical (unpaired) electrons. The molecule has 0 saturated heterocycles. The lowest BCUT2D eigenvalue weighted by Crippen LogP contribution is -1.94. The predicted octanol–water partition coefficient (Wildman–Crippen LogP) is 2.76. The number of nitrogens with zero attached hydrogens (tertiary/aromatic N) is 3. The first-order chi connectivity index (χ1) is 6.77. The number of hydrogen-bond acceptors (Lipinski definition) is 2. The fourth-order valence-corrected chi connectivity index (χ4v) is 1.65. The molecule has 0 saturated carbocycles. The number of alkyl halides is 1. The van der Waals surface area contributed by atoms with E-state index in [-0.39, 0.29) is 0 Å². The van der Waals surface area contributed by atoms with Crippen LogP contribution in [-0.4, -0.2) is 14.8 Å². The van der Waals surface area contributed by atoms with Gasteiger partial charge in [0.2, 0.25) is 0 Å². The largest absolute Gasteiger partial charge is 0.223 e. The summed E-state index contributed by atoms with van der Waals surface area (Å²) in [4.78, 5) is 3.91. The molecule has 0 aliphatic heterocycles. The Morgan fingerprint density at radius 3 is 2.50 bits per heavy atom. The zero-order valence-corrected chi connectivity index (χ0v) is 9.92. The van der Waals surface area contributed by atoms with E-state index in [9.17, 15) is 0 Å². The molecule has 0 aliphatic rings. The molecule has 2 rings (SSSR count). The van der Waals surface area contributed by atoms with Crippen LogP contribution in [0.1, 0.15) is 16.4 Å². The van der Waals surface area contributed by atoms with Crippen LogP contribution in [0.5, 0.6) is 0 Å². The normalized spacial score (nSPS) is 12.7. The number of benzene rings is 1. The zero-order chi connectivity index (χ0) is 9.97. The van der Waals surface area contributed by atoms with Crippen LogP contribution in [0.4, 0.5) is 0 Å². The molecule has 0 aliphatic carbocycles. The summed E-state index contributed by atoms with van der Waals surface area (Å²) in [6, 6.07) is 8.35. The highest BCUT2D eigenvalue weighted by atomic mass is 127. The first kappa shape index (κ1) is 9.64. The summed E-state index contributed by atoms with van der Waals surface area (Å²) in [5.41, 5.74) is 2.37. The average molecular weight is 299 g/mol. The Labute approximate surface area is 96.3 Å². The average Bonchev–Trinajstić information content (AvgIpc) is 2.71. The maximum atomic E-state index is 4.06. The van der Waals surface area contributed by atoms with Gasteiger partial charge in [0, 0.05) is 3.92 Å². The van der Waals surface area contributed by atoms with Crippen LogP contribution < -0.4 is 0 Å². The number of aromatic nitrogens is 3. The molecule has 0 fully saturated rings. The van der Waals surface area contributed by atoms with E-state index in [4.69, 9.17) is 0 Å². The molecule has 0 spiro atoms. The van der Waals surface area contributed by atoms with Gasteiger partial charge in [-0.05, 0) is 24.6 Å². The Morgan fingerprint density at radius 2 is 2.00 bits per heavy atom. The minimum Gasteiger partial charge on any atom is -0.223 e. The number of hydrogen-bond donors (Lipinski definition) is 0. The Kier molecular flexibility index (Phi) is 2.81. The molecule has 1 heterocycles. The molecule has 0 amide bonds. The van der Waals surface area contributed by atoms with Gasteiger partial charge >= 0.3 is 0 Å². The standard InChI is InChI=1S/C10H10IN3/c1-8(11)9-2-4-10(5-3-9)14-7-12-6-13-14/h2-8H,1H3. The van der Waals surface area contributed by atoms with Crippen molar-refractivity contribution in [2.45, 2.75) is 10.8 Å². The molecular weight excluding hydrogens is 289 g/mol. The maximum absolute atomic E-state index is 4.06. The molecule has 72 valence electrons. The van der Waals surface area contributed by atoms with Gasteiger partial charge in [0.15, 0.2) is 0 Å². The molecule has 3 nitrogen and oxygen atoms in total. The van der Waals surface area contributed by atoms with Crippen LogP contribution in [0.25, 0.3) is 5.69 Å². The lowest BCUT2D eigenvalue weighted by atomic mass is 10.1. The summed E-state index contributed by atoms with van der Waals surface area (Å²) < 4.78 is 2.29. The molecule has 14 heavy (non-hydrogen) atoms. The lowest BCUT2D eigenvalue weighted by molar-refractivity contribution is 0.877. The third-order valence-corrected chi connectivity index (χ3v) is 2.75. The fourth-order valence-electron chi connectivity index (χ4n) is 1.23. The second-order valence-corrected chi connectivity index (χ2v) is 4.92. The topological polar surface area (TPSA) is 30.7 Å². The second-order valence-electron chi connectivity index (χ2n) is 3.05. The minimum atomic E-state index is 0.539. The van der Waals surface area contributed by atoms with Crippen molar-refractivity contribution < 1.29 is 0 Å². The highest BCUT2D eigenvalue weighted by molar-refractivity contribution is 14.1. The van der Waals surface area contributed by atoms with Crippen LogP contribution >= 0.6 is 22.6 Å². The molecule has 0 bridgehead atoms. The Hall–Kier alpha value is -0.910. The van der Waals surface area contributed by atoms with Crippen LogP contribution in [0.15, 0.2) is 36.9 Å². The van der Waals surface area contributed by atoms with Gasteiger partial charge in [-0.1, -0.05) is 34.7 Å². The van der Waals surface area contributed by atoms with Crippen molar-refractivity contribution >= 4 is 22.6 Å². The van der Waals surface area contributed by atoms with Crippen molar-refractivity contribution in [3.8, 4) is 5.69 Å². The smallest absolute Gasteiger partial charge is 0.138 e. The first-order valence-corrected chi connectivity index (χ1v) is 5.61. The summed E-state index contributed by atoms with van der Waals surface area (Å²) in [7, 11) is 0. The van der Waals surface area contributed by atoms with Gasteiger partial charge in [-0.25, -0.2) is 9.67 Å². The highest BCUT2D eigenvalue weighted by Gasteiger charge is 2.01. The highest BCUT2D eigenvalue weighted by Crippen LogP contribution is 2.22. The Balaban J connectivity index is 2.31. The molecule has 0 N–H and O–H groups in total. The van der Waals surface area contributed by atoms with Crippen molar-refractivity contribution in [1.82, 2.24) is 14.8 Å². The molecule has 1 aromatic carbocycles. The lowest BCUT2D eigenvalue weighted by Gasteiger charge is -2.05. The summed E-state index contributed by atoms with van der Waals surface area (Å²) in [5.74, 6) is 0. The van der Waals surface area contributed by atoms with Gasteiger partial charge in [-0.2, -0.15) is 5.10 Å². The summed E-state index contributed by atoms with van der Waals surface area (Å²) >= 11 is 2.40. The van der Waals surface area contributed by atoms with E-state index in [1.807, 2.05) is 0 Å². The van der Waals surface area contributed by atoms with E-state index in [0.717, 1.165) is 5.69 Å². The van der Waals surface area contributed by atoms with E-state index in [1.165, 1.54) is 11.9 Å². The maximum Gasteiger partial charge on any atom is 0.138 e. The Bertz CT molecular complexity index is 392. The van der Waals surface area contributed by atoms with Crippen molar-refractivity contribution in [1.29, 1.82) is 0 Å². The molecular formula is C10H10IN3. The van der Waals surface area contributed by atoms with Gasteiger partial charge in [-0.15, -0.1) is 0 Å². The van der Waals surface area contributed by atoms with E-state index >= 15 is 0 Å². The van der Waals surface area contributed by atoms with Crippen LogP contribution in [0.3, 0.4) is 0 Å². The van der Waals surface area contributed by atoms with Crippen molar-refractivity contribution in [2.75, 3.05) is 0 Å². The van der Waals surface area contributed by atoms with Crippen LogP contribution in [0.2, 0.25) is 0 Å². The molecule has 2 aromatic rings. The third-order valence-electron chi connectivity index (χ3n) is 2.04. The monoisotopic (exact) mass is 299 g/mol. The second kappa shape index (κ2) is 4.08. The third kappa shape index (κ3) is 1.95. The van der Waals surface area contributed by atoms with Crippen molar-refractivity contribution in [3.63, 3.8) is 0 Å². The minimum absolute atomic E-state index is 0.539. The Morgan fingerprint density at radius 1 is 1.29 bits per heavy atom. The van der Waals surface area contributed by atoms with Gasteiger partial charge < -0.3 is 0 Å². The van der Waals surface area contributed by atoms with Crippen LogP contribution in [-0.2, 0) is 0 Å². The number of rotatable bonds is 2. The quantitative estimate of drug-likeness (QED) is 0.630. The van der Waals surface area contributed by atoms with E-state index in [1.54, 1.807) is 11.0 Å². The van der Waals surface area contributed by atoms with E-state index in [0.29, 0.717) is 3.92 Å². The SMILES string of the molecule is CC(I)c1ccc(-n2cncn2)cc1. The molecule has 1 atom stereocenters. The van der Waals surface area contributed by atoms with Gasteiger partial charge in [0.05, 0.1) is 5.69 Å². The van der Waals surface area contributed by atoms with Gasteiger partial charge in [0.1, 0.15) is 12.7 Å². The molecule has 4 heteroatoms. The van der Waals surface area contributed by atoms with Gasteiger partial charge in [-0.3, -0.25) is 0 Å².